The Balaban J connectivity index is 1.62. The summed E-state index contributed by atoms with van der Waals surface area (Å²) in [6.07, 6.45) is 6.74. The Hall–Kier alpha value is -3.31. The number of aliphatic carboxylic acids is 1. The van der Waals surface area contributed by atoms with Crippen molar-refractivity contribution in [1.29, 1.82) is 0 Å². The number of ether oxygens (including phenoxy) is 3. The quantitative estimate of drug-likeness (QED) is 0.378. The Morgan fingerprint density at radius 3 is 2.76 bits per heavy atom. The van der Waals surface area contributed by atoms with Crippen LogP contribution in [0, 0.1) is 5.92 Å². The van der Waals surface area contributed by atoms with E-state index >= 15 is 0 Å². The highest BCUT2D eigenvalue weighted by Gasteiger charge is 2.47. The fourth-order valence-electron chi connectivity index (χ4n) is 5.52. The highest BCUT2D eigenvalue weighted by atomic mass is 16.7. The van der Waals surface area contributed by atoms with Gasteiger partial charge >= 0.3 is 5.97 Å². The lowest BCUT2D eigenvalue weighted by atomic mass is 9.84. The summed E-state index contributed by atoms with van der Waals surface area (Å²) < 4.78 is 18.5. The molecule has 0 aliphatic carbocycles. The van der Waals surface area contributed by atoms with Gasteiger partial charge in [-0.05, 0) is 49.6 Å². The minimum Gasteiger partial charge on any atom is -0.493 e. The second-order valence-electron chi connectivity index (χ2n) is 9.86. The normalized spacial score (nSPS) is 20.6. The van der Waals surface area contributed by atoms with Crippen LogP contribution in [0.3, 0.4) is 0 Å². The fraction of sp³-hybridized carbons (Fsp3) is 0.593. The lowest BCUT2D eigenvalue weighted by Gasteiger charge is -2.29. The van der Waals surface area contributed by atoms with E-state index in [1.54, 1.807) is 18.0 Å². The summed E-state index contributed by atoms with van der Waals surface area (Å²) in [5, 5.41) is 14.7. The molecule has 3 heterocycles. The summed E-state index contributed by atoms with van der Waals surface area (Å²) in [5.74, 6) is -0.402. The monoisotopic (exact) mass is 529 g/mol. The van der Waals surface area contributed by atoms with Gasteiger partial charge in [0.15, 0.2) is 11.5 Å². The molecule has 2 aliphatic heterocycles. The zero-order chi connectivity index (χ0) is 27.1. The van der Waals surface area contributed by atoms with Crippen molar-refractivity contribution in [2.24, 2.45) is 11.7 Å². The maximum absolute atomic E-state index is 13.5. The maximum atomic E-state index is 13.5. The summed E-state index contributed by atoms with van der Waals surface area (Å²) in [6, 6.07) is 5.16. The van der Waals surface area contributed by atoms with Crippen LogP contribution in [0.15, 0.2) is 30.6 Å². The van der Waals surface area contributed by atoms with Gasteiger partial charge in [0.25, 0.3) is 0 Å². The van der Waals surface area contributed by atoms with E-state index in [-0.39, 0.29) is 31.2 Å². The van der Waals surface area contributed by atoms with E-state index in [1.165, 1.54) is 0 Å². The number of aryl methyl sites for hydroxylation is 1. The van der Waals surface area contributed by atoms with Crippen LogP contribution in [0.5, 0.6) is 17.2 Å². The molecule has 1 aromatic heterocycles. The standard InChI is InChI=1S/C27H39N5O6/c1-3-4-10-30(11-5-8-28)24(33)17-31-16-20(19-14-22(36-2)26-23(15-19)37-18-38-26)25(27(34)35)21(31)7-13-32-12-6-9-29-32/h6,9,12,14-15,20-21,25H,3-5,7-8,10-11,13,16-18,28H2,1-2H3,(H,34,35)/t20-,21+,25?/m1/s1. The van der Waals surface area contributed by atoms with Crippen LogP contribution in [-0.4, -0.2) is 89.2 Å². The minimum atomic E-state index is -0.891. The molecule has 1 saturated heterocycles. The van der Waals surface area contributed by atoms with E-state index in [4.69, 9.17) is 19.9 Å². The van der Waals surface area contributed by atoms with Crippen molar-refractivity contribution in [2.45, 2.75) is 51.1 Å². The Kier molecular flexibility index (Phi) is 9.46. The lowest BCUT2D eigenvalue weighted by Crippen LogP contribution is -2.45. The topological polar surface area (TPSA) is 132 Å². The molecular weight excluding hydrogens is 490 g/mol. The zero-order valence-corrected chi connectivity index (χ0v) is 22.3. The summed E-state index contributed by atoms with van der Waals surface area (Å²) >= 11 is 0. The number of benzene rings is 1. The molecule has 2 aliphatic rings. The summed E-state index contributed by atoms with van der Waals surface area (Å²) in [6.45, 7) is 5.11. The molecule has 208 valence electrons. The van der Waals surface area contributed by atoms with E-state index < -0.39 is 11.9 Å². The molecule has 1 aromatic carbocycles. The van der Waals surface area contributed by atoms with E-state index in [0.29, 0.717) is 56.4 Å². The van der Waals surface area contributed by atoms with Gasteiger partial charge in [0.2, 0.25) is 18.4 Å². The number of likely N-dealkylation sites (tertiary alicyclic amines) is 1. The highest BCUT2D eigenvalue weighted by molar-refractivity contribution is 5.79. The molecule has 1 amide bonds. The van der Waals surface area contributed by atoms with Crippen molar-refractivity contribution < 1.29 is 28.9 Å². The fourth-order valence-corrected chi connectivity index (χ4v) is 5.52. The zero-order valence-electron chi connectivity index (χ0n) is 22.3. The summed E-state index contributed by atoms with van der Waals surface area (Å²) in [7, 11) is 1.55. The second-order valence-corrected chi connectivity index (χ2v) is 9.86. The van der Waals surface area contributed by atoms with Gasteiger partial charge in [-0.2, -0.15) is 5.10 Å². The number of nitrogens with zero attached hydrogens (tertiary/aromatic N) is 4. The Labute approximate surface area is 223 Å². The molecule has 0 spiro atoms. The molecule has 2 aromatic rings. The third-order valence-electron chi connectivity index (χ3n) is 7.46. The number of amides is 1. The molecule has 3 N–H and O–H groups in total. The molecule has 1 fully saturated rings. The van der Waals surface area contributed by atoms with Gasteiger partial charge < -0.3 is 30.0 Å². The molecular formula is C27H39N5O6. The number of nitrogens with two attached hydrogens (primary N) is 1. The van der Waals surface area contributed by atoms with Gasteiger partial charge in [-0.25, -0.2) is 0 Å². The first-order valence-corrected chi connectivity index (χ1v) is 13.4. The van der Waals surface area contributed by atoms with Crippen LogP contribution in [-0.2, 0) is 16.1 Å². The van der Waals surface area contributed by atoms with Gasteiger partial charge in [0.1, 0.15) is 0 Å². The maximum Gasteiger partial charge on any atom is 0.308 e. The lowest BCUT2D eigenvalue weighted by molar-refractivity contribution is -0.144. The number of hydrogen-bond acceptors (Lipinski definition) is 8. The Morgan fingerprint density at radius 2 is 2.08 bits per heavy atom. The summed E-state index contributed by atoms with van der Waals surface area (Å²) in [4.78, 5) is 30.1. The van der Waals surface area contributed by atoms with Crippen LogP contribution in [0.1, 0.15) is 44.1 Å². The number of rotatable bonds is 14. The molecule has 4 rings (SSSR count). The van der Waals surface area contributed by atoms with Gasteiger partial charge in [0.05, 0.1) is 19.6 Å². The molecule has 11 heteroatoms. The van der Waals surface area contributed by atoms with Crippen molar-refractivity contribution in [2.75, 3.05) is 46.6 Å². The van der Waals surface area contributed by atoms with E-state index in [0.717, 1.165) is 24.8 Å². The van der Waals surface area contributed by atoms with Gasteiger partial charge in [-0.1, -0.05) is 13.3 Å². The number of hydrogen-bond donors (Lipinski definition) is 2. The van der Waals surface area contributed by atoms with Gasteiger partial charge in [-0.15, -0.1) is 0 Å². The minimum absolute atomic E-state index is 0.00375. The van der Waals surface area contributed by atoms with Crippen molar-refractivity contribution in [3.63, 3.8) is 0 Å². The van der Waals surface area contributed by atoms with E-state index in [9.17, 15) is 14.7 Å². The Bertz CT molecular complexity index is 1070. The number of fused-ring (bicyclic) bond motifs is 1. The first kappa shape index (κ1) is 27.7. The van der Waals surface area contributed by atoms with Crippen molar-refractivity contribution in [1.82, 2.24) is 19.6 Å². The van der Waals surface area contributed by atoms with Crippen LogP contribution in [0.2, 0.25) is 0 Å². The highest BCUT2D eigenvalue weighted by Crippen LogP contribution is 2.47. The summed E-state index contributed by atoms with van der Waals surface area (Å²) in [5.41, 5.74) is 6.52. The smallest absolute Gasteiger partial charge is 0.308 e. The molecule has 0 saturated carbocycles. The SMILES string of the molecule is CCCCN(CCCN)C(=O)CN1C[C@H](c2cc(OC)c3c(c2)OCO3)C(C(=O)O)[C@@H]1CCn1cccn1. The van der Waals surface area contributed by atoms with Gasteiger partial charge in [0, 0.05) is 50.5 Å². The predicted molar refractivity (Wildman–Crippen MR) is 140 cm³/mol. The van der Waals surface area contributed by atoms with Crippen LogP contribution in [0.4, 0.5) is 0 Å². The number of aromatic nitrogens is 2. The molecule has 0 radical (unpaired) electrons. The molecule has 38 heavy (non-hydrogen) atoms. The molecule has 0 bridgehead atoms. The average Bonchev–Trinajstić information content (AvgIpc) is 3.67. The number of carbonyl (C=O) groups is 2. The third-order valence-corrected chi connectivity index (χ3v) is 7.46. The molecule has 11 nitrogen and oxygen atoms in total. The number of carboxylic acid groups (broad SMARTS) is 1. The van der Waals surface area contributed by atoms with Crippen LogP contribution in [0.25, 0.3) is 0 Å². The number of methoxy groups -OCH3 is 1. The Morgan fingerprint density at radius 1 is 1.26 bits per heavy atom. The average molecular weight is 530 g/mol. The molecule has 3 atom stereocenters. The molecule has 1 unspecified atom stereocenters. The van der Waals surface area contributed by atoms with Crippen molar-refractivity contribution in [3.05, 3.63) is 36.2 Å². The van der Waals surface area contributed by atoms with Crippen LogP contribution < -0.4 is 19.9 Å². The predicted octanol–water partition coefficient (Wildman–Crippen LogP) is 2.16. The van der Waals surface area contributed by atoms with Crippen molar-refractivity contribution >= 4 is 11.9 Å². The van der Waals surface area contributed by atoms with Crippen molar-refractivity contribution in [3.8, 4) is 17.2 Å². The van der Waals surface area contributed by atoms with Crippen LogP contribution >= 0.6 is 0 Å². The largest absolute Gasteiger partial charge is 0.493 e. The van der Waals surface area contributed by atoms with E-state index in [1.807, 2.05) is 34.2 Å². The van der Waals surface area contributed by atoms with E-state index in [2.05, 4.69) is 12.0 Å². The first-order chi connectivity index (χ1) is 18.5. The number of carboxylic acids is 1. The third kappa shape index (κ3) is 6.21. The van der Waals surface area contributed by atoms with Gasteiger partial charge in [-0.3, -0.25) is 19.2 Å². The first-order valence-electron chi connectivity index (χ1n) is 13.4. The second kappa shape index (κ2) is 13.0. The number of unbranched alkanes of at least 4 members (excludes halogenated alkanes) is 1. The number of carbonyl (C=O) groups excluding carboxylic acids is 1.